The molecule has 78 valence electrons. The first-order valence-electron chi connectivity index (χ1n) is 4.69. The Kier molecular flexibility index (Phi) is 5.40. The van der Waals surface area contributed by atoms with E-state index in [1.165, 1.54) is 0 Å². The van der Waals surface area contributed by atoms with Crippen LogP contribution in [-0.4, -0.2) is 34.3 Å². The maximum absolute atomic E-state index is 10.7. The fourth-order valence-corrected chi connectivity index (χ4v) is 1.54. The number of nitrogens with one attached hydrogen (secondary N) is 1. The summed E-state index contributed by atoms with van der Waals surface area (Å²) in [4.78, 5) is 4.21. The first-order valence-corrected chi connectivity index (χ1v) is 6.42. The monoisotopic (exact) mass is 212 g/mol. The van der Waals surface area contributed by atoms with Gasteiger partial charge in [-0.15, -0.1) is 0 Å². The zero-order chi connectivity index (χ0) is 10.2. The van der Waals surface area contributed by atoms with E-state index >= 15 is 0 Å². The molecule has 1 unspecified atom stereocenters. The minimum Gasteiger partial charge on any atom is -0.315 e. The number of aromatic nitrogens is 1. The van der Waals surface area contributed by atoms with Gasteiger partial charge in [-0.05, 0) is 12.1 Å². The van der Waals surface area contributed by atoms with E-state index in [9.17, 15) is 4.21 Å². The van der Waals surface area contributed by atoms with Crippen LogP contribution in [0.15, 0.2) is 24.4 Å². The highest BCUT2D eigenvalue weighted by molar-refractivity contribution is 7.84. The number of rotatable bonds is 6. The molecule has 4 heteroatoms. The van der Waals surface area contributed by atoms with Gasteiger partial charge in [0.1, 0.15) is 0 Å². The van der Waals surface area contributed by atoms with Crippen LogP contribution in [0.1, 0.15) is 5.69 Å². The van der Waals surface area contributed by atoms with E-state index in [1.54, 1.807) is 12.5 Å². The minimum atomic E-state index is -0.692. The number of nitrogens with zero attached hydrogens (tertiary/aromatic N) is 1. The molecule has 0 aliphatic rings. The SMILES string of the molecule is CS(=O)CCNCCc1ccccn1. The zero-order valence-corrected chi connectivity index (χ0v) is 9.22. The molecule has 1 N–H and O–H groups in total. The van der Waals surface area contributed by atoms with Crippen LogP contribution >= 0.6 is 0 Å². The largest absolute Gasteiger partial charge is 0.315 e. The summed E-state index contributed by atoms with van der Waals surface area (Å²) in [5.41, 5.74) is 1.10. The lowest BCUT2D eigenvalue weighted by atomic mass is 10.3. The molecule has 0 amide bonds. The van der Waals surface area contributed by atoms with Gasteiger partial charge in [-0.3, -0.25) is 9.19 Å². The van der Waals surface area contributed by atoms with Crippen molar-refractivity contribution in [3.8, 4) is 0 Å². The molecule has 14 heavy (non-hydrogen) atoms. The Morgan fingerprint density at radius 1 is 1.43 bits per heavy atom. The normalized spacial score (nSPS) is 12.6. The highest BCUT2D eigenvalue weighted by Gasteiger charge is 1.93. The van der Waals surface area contributed by atoms with Gasteiger partial charge in [0.15, 0.2) is 0 Å². The fourth-order valence-electron chi connectivity index (χ4n) is 1.10. The molecule has 0 saturated carbocycles. The molecule has 1 heterocycles. The maximum Gasteiger partial charge on any atom is 0.0416 e. The zero-order valence-electron chi connectivity index (χ0n) is 8.40. The van der Waals surface area contributed by atoms with E-state index in [2.05, 4.69) is 10.3 Å². The van der Waals surface area contributed by atoms with Crippen molar-refractivity contribution in [1.82, 2.24) is 10.3 Å². The predicted octanol–water partition coefficient (Wildman–Crippen LogP) is 0.592. The quantitative estimate of drug-likeness (QED) is 0.702. The van der Waals surface area contributed by atoms with Crippen molar-refractivity contribution in [3.05, 3.63) is 30.1 Å². The van der Waals surface area contributed by atoms with E-state index in [4.69, 9.17) is 0 Å². The Hall–Kier alpha value is -0.740. The molecule has 0 radical (unpaired) electrons. The van der Waals surface area contributed by atoms with Crippen LogP contribution in [0.2, 0.25) is 0 Å². The van der Waals surface area contributed by atoms with Gasteiger partial charge in [-0.1, -0.05) is 6.07 Å². The Labute approximate surface area is 87.4 Å². The summed E-state index contributed by atoms with van der Waals surface area (Å²) in [6.45, 7) is 1.71. The van der Waals surface area contributed by atoms with Gasteiger partial charge in [0.05, 0.1) is 0 Å². The summed E-state index contributed by atoms with van der Waals surface area (Å²) >= 11 is 0. The van der Waals surface area contributed by atoms with Crippen LogP contribution in [-0.2, 0) is 17.2 Å². The maximum atomic E-state index is 10.7. The second-order valence-electron chi connectivity index (χ2n) is 3.10. The van der Waals surface area contributed by atoms with E-state index in [0.717, 1.165) is 31.0 Å². The second kappa shape index (κ2) is 6.68. The highest BCUT2D eigenvalue weighted by atomic mass is 32.2. The summed E-state index contributed by atoms with van der Waals surface area (Å²) in [5.74, 6) is 0.724. The molecule has 0 bridgehead atoms. The molecular weight excluding hydrogens is 196 g/mol. The van der Waals surface area contributed by atoms with Crippen LogP contribution in [0.4, 0.5) is 0 Å². The van der Waals surface area contributed by atoms with Crippen LogP contribution in [0.3, 0.4) is 0 Å². The Balaban J connectivity index is 2.08. The molecule has 3 nitrogen and oxygen atoms in total. The molecule has 1 atom stereocenters. The van der Waals surface area contributed by atoms with Gasteiger partial charge in [0, 0.05) is 54.2 Å². The van der Waals surface area contributed by atoms with Crippen molar-refractivity contribution < 1.29 is 4.21 Å². The summed E-state index contributed by atoms with van der Waals surface area (Å²) in [6.07, 6.45) is 4.45. The molecule has 1 aromatic rings. The highest BCUT2D eigenvalue weighted by Crippen LogP contribution is 1.92. The first kappa shape index (κ1) is 11.3. The Bertz CT molecular complexity index is 277. The van der Waals surface area contributed by atoms with Crippen LogP contribution in [0.5, 0.6) is 0 Å². The van der Waals surface area contributed by atoms with Crippen LogP contribution in [0.25, 0.3) is 0 Å². The van der Waals surface area contributed by atoms with Gasteiger partial charge < -0.3 is 5.32 Å². The van der Waals surface area contributed by atoms with Crippen molar-refractivity contribution in [3.63, 3.8) is 0 Å². The average Bonchev–Trinajstić information content (AvgIpc) is 2.18. The van der Waals surface area contributed by atoms with Crippen molar-refractivity contribution in [2.24, 2.45) is 0 Å². The predicted molar refractivity (Wildman–Crippen MR) is 59.7 cm³/mol. The molecule has 0 aliphatic carbocycles. The summed E-state index contributed by atoms with van der Waals surface area (Å²) in [7, 11) is -0.692. The third kappa shape index (κ3) is 5.09. The molecular formula is C10H16N2OS. The molecule has 0 spiro atoms. The van der Waals surface area contributed by atoms with Gasteiger partial charge >= 0.3 is 0 Å². The third-order valence-corrected chi connectivity index (χ3v) is 2.63. The van der Waals surface area contributed by atoms with E-state index < -0.39 is 10.8 Å². The molecule has 0 saturated heterocycles. The van der Waals surface area contributed by atoms with Crippen molar-refractivity contribution in [2.45, 2.75) is 6.42 Å². The topological polar surface area (TPSA) is 42.0 Å². The van der Waals surface area contributed by atoms with Gasteiger partial charge in [-0.2, -0.15) is 0 Å². The third-order valence-electron chi connectivity index (χ3n) is 1.85. The van der Waals surface area contributed by atoms with Crippen molar-refractivity contribution >= 4 is 10.8 Å². The van der Waals surface area contributed by atoms with E-state index in [0.29, 0.717) is 0 Å². The number of pyridine rings is 1. The van der Waals surface area contributed by atoms with Gasteiger partial charge in [0.2, 0.25) is 0 Å². The van der Waals surface area contributed by atoms with Crippen molar-refractivity contribution in [2.75, 3.05) is 25.1 Å². The summed E-state index contributed by atoms with van der Waals surface area (Å²) in [6, 6.07) is 5.92. The van der Waals surface area contributed by atoms with Crippen LogP contribution in [0, 0.1) is 0 Å². The van der Waals surface area contributed by atoms with E-state index in [-0.39, 0.29) is 0 Å². The summed E-state index contributed by atoms with van der Waals surface area (Å²) < 4.78 is 10.7. The minimum absolute atomic E-state index is 0.692. The molecule has 0 fully saturated rings. The standard InChI is InChI=1S/C10H16N2OS/c1-14(13)9-8-11-7-5-10-4-2-3-6-12-10/h2-4,6,11H,5,7-9H2,1H3. The second-order valence-corrected chi connectivity index (χ2v) is 4.65. The fraction of sp³-hybridized carbons (Fsp3) is 0.500. The van der Waals surface area contributed by atoms with E-state index in [1.807, 2.05) is 18.2 Å². The summed E-state index contributed by atoms with van der Waals surface area (Å²) in [5, 5.41) is 3.23. The first-order chi connectivity index (χ1) is 6.79. The molecule has 1 aromatic heterocycles. The lowest BCUT2D eigenvalue weighted by Gasteiger charge is -2.02. The lowest BCUT2D eigenvalue weighted by Crippen LogP contribution is -2.22. The smallest absolute Gasteiger partial charge is 0.0416 e. The van der Waals surface area contributed by atoms with Gasteiger partial charge in [0.25, 0.3) is 0 Å². The molecule has 1 rings (SSSR count). The van der Waals surface area contributed by atoms with Gasteiger partial charge in [-0.25, -0.2) is 0 Å². The Morgan fingerprint density at radius 2 is 2.29 bits per heavy atom. The number of hydrogen-bond acceptors (Lipinski definition) is 3. The lowest BCUT2D eigenvalue weighted by molar-refractivity contribution is 0.674. The number of hydrogen-bond donors (Lipinski definition) is 1. The molecule has 0 aromatic carbocycles. The van der Waals surface area contributed by atoms with Crippen molar-refractivity contribution in [1.29, 1.82) is 0 Å². The van der Waals surface area contributed by atoms with Crippen LogP contribution < -0.4 is 5.32 Å². The average molecular weight is 212 g/mol. The molecule has 0 aliphatic heterocycles. The Morgan fingerprint density at radius 3 is 2.93 bits per heavy atom.